The van der Waals surface area contributed by atoms with E-state index < -0.39 is 23.0 Å². The van der Waals surface area contributed by atoms with Crippen LogP contribution in [0.1, 0.15) is 11.3 Å². The van der Waals surface area contributed by atoms with E-state index in [9.17, 15) is 18.0 Å². The van der Waals surface area contributed by atoms with Crippen LogP contribution in [0.15, 0.2) is 30.6 Å². The first-order valence-electron chi connectivity index (χ1n) is 7.09. The maximum absolute atomic E-state index is 12.7. The number of nitrogens with zero attached hydrogens (tertiary/aromatic N) is 2. The summed E-state index contributed by atoms with van der Waals surface area (Å²) >= 11 is 5.63. The van der Waals surface area contributed by atoms with Gasteiger partial charge in [-0.15, -0.1) is 0 Å². The molecular weight excluding hydrogens is 361 g/mol. The molecule has 0 unspecified atom stereocenters. The van der Waals surface area contributed by atoms with E-state index in [4.69, 9.17) is 16.3 Å². The van der Waals surface area contributed by atoms with Crippen molar-refractivity contribution in [2.24, 2.45) is 0 Å². The fourth-order valence-electron chi connectivity index (χ4n) is 1.88. The fraction of sp³-hybridized carbons (Fsp3) is 0.267. The van der Waals surface area contributed by atoms with Crippen molar-refractivity contribution in [3.63, 3.8) is 0 Å². The van der Waals surface area contributed by atoms with Crippen molar-refractivity contribution in [2.75, 3.05) is 23.8 Å². The Labute approximate surface area is 146 Å². The molecule has 0 saturated heterocycles. The molecule has 2 aromatic rings. The topological polar surface area (TPSA) is 76.1 Å². The summed E-state index contributed by atoms with van der Waals surface area (Å²) in [7, 11) is 0. The molecule has 2 rings (SSSR count). The van der Waals surface area contributed by atoms with Crippen LogP contribution in [0.4, 0.5) is 29.5 Å². The van der Waals surface area contributed by atoms with Crippen molar-refractivity contribution < 1.29 is 22.7 Å². The fourth-order valence-corrected chi connectivity index (χ4v) is 2.15. The number of aryl methyl sites for hydroxylation is 1. The third-order valence-corrected chi connectivity index (χ3v) is 3.31. The van der Waals surface area contributed by atoms with Gasteiger partial charge in [0.2, 0.25) is 0 Å². The molecule has 25 heavy (non-hydrogen) atoms. The van der Waals surface area contributed by atoms with Gasteiger partial charge in [0.25, 0.3) is 0 Å². The number of nitrogens with one attached hydrogen (secondary N) is 2. The van der Waals surface area contributed by atoms with Crippen LogP contribution in [0, 0.1) is 6.92 Å². The number of benzene rings is 1. The highest BCUT2D eigenvalue weighted by atomic mass is 35.5. The molecule has 1 heterocycles. The van der Waals surface area contributed by atoms with Gasteiger partial charge in [0.05, 0.1) is 6.54 Å². The lowest BCUT2D eigenvalue weighted by Crippen LogP contribution is -2.19. The Bertz CT molecular complexity index is 756. The van der Waals surface area contributed by atoms with Crippen LogP contribution in [-0.2, 0) is 10.9 Å². The number of hydrogen-bond donors (Lipinski definition) is 2. The van der Waals surface area contributed by atoms with E-state index in [-0.39, 0.29) is 19.0 Å². The zero-order valence-electron chi connectivity index (χ0n) is 13.0. The van der Waals surface area contributed by atoms with E-state index in [2.05, 4.69) is 20.6 Å². The Morgan fingerprint density at radius 1 is 1.32 bits per heavy atom. The molecule has 0 aliphatic carbocycles. The minimum atomic E-state index is -4.68. The smallest absolute Gasteiger partial charge is 0.435 e. The highest BCUT2D eigenvalue weighted by Crippen LogP contribution is 2.35. The summed E-state index contributed by atoms with van der Waals surface area (Å²) in [5.41, 5.74) is 0.315. The molecule has 10 heteroatoms. The summed E-state index contributed by atoms with van der Waals surface area (Å²) in [6.45, 7) is 1.80. The van der Waals surface area contributed by atoms with E-state index >= 15 is 0 Å². The minimum Gasteiger partial charge on any atom is -0.447 e. The molecule has 0 fully saturated rings. The van der Waals surface area contributed by atoms with Crippen molar-refractivity contribution in [1.82, 2.24) is 9.97 Å². The molecule has 0 saturated carbocycles. The van der Waals surface area contributed by atoms with Crippen LogP contribution in [0.2, 0.25) is 5.02 Å². The van der Waals surface area contributed by atoms with E-state index in [1.165, 1.54) is 0 Å². The Morgan fingerprint density at radius 2 is 2.08 bits per heavy atom. The Balaban J connectivity index is 1.82. The number of aromatic nitrogens is 2. The standard InChI is InChI=1S/C15H14ClF3N4O2/c1-9-3-2-4-10(7-9)23-14(24)25-6-5-20-13-11(16)12(15(17,18)19)21-8-22-13/h2-4,7-8H,5-6H2,1H3,(H,23,24)(H,20,21,22). The molecule has 1 aromatic carbocycles. The van der Waals surface area contributed by atoms with Gasteiger partial charge in [0, 0.05) is 5.69 Å². The van der Waals surface area contributed by atoms with E-state index in [0.717, 1.165) is 11.9 Å². The number of carbonyl (C=O) groups is 1. The maximum atomic E-state index is 12.7. The molecular formula is C15H14ClF3N4O2. The molecule has 6 nitrogen and oxygen atoms in total. The highest BCUT2D eigenvalue weighted by Gasteiger charge is 2.36. The second kappa shape index (κ2) is 8.02. The first-order valence-corrected chi connectivity index (χ1v) is 7.47. The van der Waals surface area contributed by atoms with Crippen molar-refractivity contribution in [1.29, 1.82) is 0 Å². The van der Waals surface area contributed by atoms with Gasteiger partial charge in [-0.05, 0) is 24.6 Å². The van der Waals surface area contributed by atoms with Crippen LogP contribution in [0.3, 0.4) is 0 Å². The SMILES string of the molecule is Cc1cccc(NC(=O)OCCNc2ncnc(C(F)(F)F)c2Cl)c1. The molecule has 0 aliphatic rings. The predicted octanol–water partition coefficient (Wildman–Crippen LogP) is 4.12. The van der Waals surface area contributed by atoms with Crippen molar-refractivity contribution in [3.8, 4) is 0 Å². The Morgan fingerprint density at radius 3 is 2.76 bits per heavy atom. The average molecular weight is 375 g/mol. The van der Waals surface area contributed by atoms with E-state index in [0.29, 0.717) is 5.69 Å². The molecule has 0 radical (unpaired) electrons. The lowest BCUT2D eigenvalue weighted by Gasteiger charge is -2.12. The summed E-state index contributed by atoms with van der Waals surface area (Å²) in [6.07, 6.45) is -4.61. The molecule has 0 bridgehead atoms. The van der Waals surface area contributed by atoms with Gasteiger partial charge in [0.1, 0.15) is 23.8 Å². The van der Waals surface area contributed by atoms with E-state index in [1.54, 1.807) is 18.2 Å². The second-order valence-corrected chi connectivity index (χ2v) is 5.32. The monoisotopic (exact) mass is 374 g/mol. The van der Waals surface area contributed by atoms with Gasteiger partial charge < -0.3 is 10.1 Å². The molecule has 134 valence electrons. The normalized spacial score (nSPS) is 11.1. The maximum Gasteiger partial charge on any atom is 0.435 e. The zero-order valence-corrected chi connectivity index (χ0v) is 13.8. The third-order valence-electron chi connectivity index (χ3n) is 2.95. The molecule has 1 aromatic heterocycles. The van der Waals surface area contributed by atoms with Gasteiger partial charge >= 0.3 is 12.3 Å². The lowest BCUT2D eigenvalue weighted by molar-refractivity contribution is -0.141. The van der Waals surface area contributed by atoms with Crippen LogP contribution < -0.4 is 10.6 Å². The minimum absolute atomic E-state index is 0.0231. The number of halogens is 4. The van der Waals surface area contributed by atoms with Crippen molar-refractivity contribution >= 4 is 29.2 Å². The number of alkyl halides is 3. The van der Waals surface area contributed by atoms with Gasteiger partial charge in [0.15, 0.2) is 5.69 Å². The summed E-state index contributed by atoms with van der Waals surface area (Å²) in [4.78, 5) is 18.4. The number of carbonyl (C=O) groups excluding carboxylic acids is 1. The summed E-state index contributed by atoms with van der Waals surface area (Å²) < 4.78 is 43.0. The second-order valence-electron chi connectivity index (χ2n) is 4.94. The third kappa shape index (κ3) is 5.49. The summed E-state index contributed by atoms with van der Waals surface area (Å²) in [6, 6.07) is 7.12. The summed E-state index contributed by atoms with van der Waals surface area (Å²) in [5.74, 6) is -0.188. The molecule has 2 N–H and O–H groups in total. The van der Waals surface area contributed by atoms with Crippen molar-refractivity contribution in [2.45, 2.75) is 13.1 Å². The Kier molecular flexibility index (Phi) is 6.02. The average Bonchev–Trinajstić information content (AvgIpc) is 2.51. The van der Waals surface area contributed by atoms with Gasteiger partial charge in [-0.1, -0.05) is 23.7 Å². The van der Waals surface area contributed by atoms with Crippen molar-refractivity contribution in [3.05, 3.63) is 46.9 Å². The van der Waals surface area contributed by atoms with Gasteiger partial charge in [-0.2, -0.15) is 13.2 Å². The van der Waals surface area contributed by atoms with Gasteiger partial charge in [-0.3, -0.25) is 5.32 Å². The number of ether oxygens (including phenoxy) is 1. The molecule has 0 spiro atoms. The first-order chi connectivity index (χ1) is 11.8. The number of hydrogen-bond acceptors (Lipinski definition) is 5. The lowest BCUT2D eigenvalue weighted by atomic mass is 10.2. The summed E-state index contributed by atoms with van der Waals surface area (Å²) in [5, 5.41) is 4.46. The van der Waals surface area contributed by atoms with Crippen LogP contribution in [-0.4, -0.2) is 29.2 Å². The zero-order chi connectivity index (χ0) is 18.4. The quantitative estimate of drug-likeness (QED) is 0.770. The van der Waals surface area contributed by atoms with Crippen LogP contribution >= 0.6 is 11.6 Å². The predicted molar refractivity (Wildman–Crippen MR) is 86.7 cm³/mol. The van der Waals surface area contributed by atoms with Crippen LogP contribution in [0.25, 0.3) is 0 Å². The molecule has 0 atom stereocenters. The Hall–Kier alpha value is -2.55. The van der Waals surface area contributed by atoms with Crippen LogP contribution in [0.5, 0.6) is 0 Å². The number of rotatable bonds is 5. The van der Waals surface area contributed by atoms with Gasteiger partial charge in [-0.25, -0.2) is 14.8 Å². The molecule has 0 aliphatic heterocycles. The molecule has 1 amide bonds. The largest absolute Gasteiger partial charge is 0.447 e. The highest BCUT2D eigenvalue weighted by molar-refractivity contribution is 6.33. The van der Waals surface area contributed by atoms with E-state index in [1.807, 2.05) is 13.0 Å². The first kappa shape index (κ1) is 18.8. The number of amides is 1. The number of anilines is 2.